The van der Waals surface area contributed by atoms with Crippen molar-refractivity contribution in [2.24, 2.45) is 0 Å². The third kappa shape index (κ3) is 5.47. The lowest BCUT2D eigenvalue weighted by Gasteiger charge is -2.14. The first-order valence-corrected chi connectivity index (χ1v) is 10.6. The van der Waals surface area contributed by atoms with E-state index in [0.29, 0.717) is 27.8 Å². The van der Waals surface area contributed by atoms with Gasteiger partial charge >= 0.3 is 0 Å². The van der Waals surface area contributed by atoms with E-state index in [-0.39, 0.29) is 34.9 Å². The third-order valence-electron chi connectivity index (χ3n) is 4.13. The van der Waals surface area contributed by atoms with Crippen LogP contribution < -0.4 is 14.2 Å². The zero-order valence-corrected chi connectivity index (χ0v) is 18.7. The fourth-order valence-electron chi connectivity index (χ4n) is 2.73. The van der Waals surface area contributed by atoms with Gasteiger partial charge in [0.15, 0.2) is 11.5 Å². The topological polar surface area (TPSA) is 65.1 Å². The van der Waals surface area contributed by atoms with Gasteiger partial charge in [-0.15, -0.1) is 6.42 Å². The number of carbonyl (C=O) groups excluding carboxylic acids is 2. The first-order valence-electron chi connectivity index (χ1n) is 9.01. The highest BCUT2D eigenvalue weighted by molar-refractivity contribution is 8.18. The molecule has 0 unspecified atom stereocenters. The quantitative estimate of drug-likeness (QED) is 0.387. The van der Waals surface area contributed by atoms with Crippen LogP contribution in [-0.4, -0.2) is 42.9 Å². The molecule has 0 N–H and O–H groups in total. The van der Waals surface area contributed by atoms with Gasteiger partial charge in [-0.25, -0.2) is 0 Å². The smallest absolute Gasteiger partial charge is 0.293 e. The van der Waals surface area contributed by atoms with Crippen molar-refractivity contribution in [3.8, 4) is 29.6 Å². The lowest BCUT2D eigenvalue weighted by Crippen LogP contribution is -2.32. The molecule has 9 heteroatoms. The van der Waals surface area contributed by atoms with Gasteiger partial charge in [0.05, 0.1) is 28.6 Å². The Morgan fingerprint density at radius 1 is 1.13 bits per heavy atom. The van der Waals surface area contributed by atoms with Gasteiger partial charge < -0.3 is 14.2 Å². The second-order valence-corrected chi connectivity index (χ2v) is 7.95. The number of halogens is 2. The second kappa shape index (κ2) is 10.5. The number of ether oxygens (including phenoxy) is 3. The number of hydrogen-bond donors (Lipinski definition) is 0. The molecule has 1 aliphatic heterocycles. The van der Waals surface area contributed by atoms with Crippen molar-refractivity contribution >= 4 is 52.2 Å². The van der Waals surface area contributed by atoms with Gasteiger partial charge in [0, 0.05) is 0 Å². The van der Waals surface area contributed by atoms with Crippen molar-refractivity contribution in [3.05, 3.63) is 56.9 Å². The molecule has 31 heavy (non-hydrogen) atoms. The van der Waals surface area contributed by atoms with Gasteiger partial charge in [-0.3, -0.25) is 14.5 Å². The maximum absolute atomic E-state index is 12.7. The number of amides is 2. The van der Waals surface area contributed by atoms with E-state index in [0.717, 1.165) is 16.7 Å². The van der Waals surface area contributed by atoms with Crippen molar-refractivity contribution in [1.29, 1.82) is 0 Å². The summed E-state index contributed by atoms with van der Waals surface area (Å²) >= 11 is 13.1. The Morgan fingerprint density at radius 3 is 2.61 bits per heavy atom. The highest BCUT2D eigenvalue weighted by atomic mass is 35.5. The summed E-state index contributed by atoms with van der Waals surface area (Å²) in [6, 6.07) is 10.2. The molecule has 1 fully saturated rings. The average Bonchev–Trinajstić information content (AvgIpc) is 3.01. The van der Waals surface area contributed by atoms with E-state index in [9.17, 15) is 9.59 Å². The Morgan fingerprint density at radius 2 is 1.90 bits per heavy atom. The molecule has 160 valence electrons. The summed E-state index contributed by atoms with van der Waals surface area (Å²) in [6.45, 7) is 0.247. The van der Waals surface area contributed by atoms with Crippen LogP contribution in [0.2, 0.25) is 10.0 Å². The van der Waals surface area contributed by atoms with Crippen molar-refractivity contribution in [2.75, 3.05) is 26.9 Å². The Kier molecular flexibility index (Phi) is 7.75. The monoisotopic (exact) mass is 477 g/mol. The highest BCUT2D eigenvalue weighted by Crippen LogP contribution is 2.39. The Bertz CT molecular complexity index is 1080. The molecule has 0 atom stereocenters. The van der Waals surface area contributed by atoms with Crippen molar-refractivity contribution in [1.82, 2.24) is 4.90 Å². The number of terminal acetylenes is 1. The third-order valence-corrected chi connectivity index (χ3v) is 5.63. The number of para-hydroxylation sites is 1. The number of hydrogen-bond acceptors (Lipinski definition) is 6. The number of methoxy groups -OCH3 is 1. The van der Waals surface area contributed by atoms with Gasteiger partial charge in [0.1, 0.15) is 19.0 Å². The van der Waals surface area contributed by atoms with E-state index >= 15 is 0 Å². The Labute approximate surface area is 194 Å². The Hall–Kier alpha value is -2.79. The van der Waals surface area contributed by atoms with Gasteiger partial charge in [0.25, 0.3) is 11.1 Å². The standard InChI is InChI=1S/C22H17Cl2NO5S/c1-3-9-30-20-16(24)11-14(12-18(20)28-2)13-19-21(26)25(22(27)31-19)8-10-29-17-7-5-4-6-15(17)23/h1,4-7,11-13H,8-10H2,2H3/b19-13-. The van der Waals surface area contributed by atoms with Crippen LogP contribution in [0.15, 0.2) is 41.3 Å². The molecule has 6 nitrogen and oxygen atoms in total. The molecule has 0 saturated carbocycles. The molecule has 1 saturated heterocycles. The van der Waals surface area contributed by atoms with Crippen LogP contribution in [0.3, 0.4) is 0 Å². The van der Waals surface area contributed by atoms with Crippen LogP contribution in [0.25, 0.3) is 6.08 Å². The molecule has 0 spiro atoms. The zero-order valence-electron chi connectivity index (χ0n) is 16.4. The average molecular weight is 478 g/mol. The predicted octanol–water partition coefficient (Wildman–Crippen LogP) is 5.13. The second-order valence-electron chi connectivity index (χ2n) is 6.14. The molecule has 2 aromatic rings. The summed E-state index contributed by atoms with van der Waals surface area (Å²) in [5.41, 5.74) is 0.577. The molecule has 1 aliphatic rings. The van der Waals surface area contributed by atoms with Crippen LogP contribution in [0, 0.1) is 12.3 Å². The number of rotatable bonds is 8. The molecule has 1 heterocycles. The van der Waals surface area contributed by atoms with Crippen LogP contribution in [0.5, 0.6) is 17.2 Å². The Balaban J connectivity index is 1.72. The molecular weight excluding hydrogens is 461 g/mol. The van der Waals surface area contributed by atoms with E-state index in [1.807, 2.05) is 0 Å². The fraction of sp³-hybridized carbons (Fsp3) is 0.182. The number of benzene rings is 2. The van der Waals surface area contributed by atoms with Gasteiger partial charge in [-0.2, -0.15) is 0 Å². The maximum Gasteiger partial charge on any atom is 0.293 e. The van der Waals surface area contributed by atoms with Crippen molar-refractivity contribution in [3.63, 3.8) is 0 Å². The largest absolute Gasteiger partial charge is 0.493 e. The van der Waals surface area contributed by atoms with E-state index < -0.39 is 5.91 Å². The summed E-state index contributed by atoms with van der Waals surface area (Å²) in [5, 5.41) is 0.344. The lowest BCUT2D eigenvalue weighted by molar-refractivity contribution is -0.123. The van der Waals surface area contributed by atoms with Crippen LogP contribution in [-0.2, 0) is 4.79 Å². The van der Waals surface area contributed by atoms with Gasteiger partial charge in [-0.1, -0.05) is 41.3 Å². The molecule has 2 amide bonds. The van der Waals surface area contributed by atoms with Crippen LogP contribution in [0.1, 0.15) is 5.56 Å². The first-order chi connectivity index (χ1) is 14.9. The van der Waals surface area contributed by atoms with E-state index in [2.05, 4.69) is 5.92 Å². The normalized spacial score (nSPS) is 14.6. The minimum Gasteiger partial charge on any atom is -0.493 e. The van der Waals surface area contributed by atoms with Crippen molar-refractivity contribution < 1.29 is 23.8 Å². The molecule has 2 aromatic carbocycles. The van der Waals surface area contributed by atoms with Gasteiger partial charge in [0.2, 0.25) is 0 Å². The highest BCUT2D eigenvalue weighted by Gasteiger charge is 2.35. The summed E-state index contributed by atoms with van der Waals surface area (Å²) < 4.78 is 16.3. The zero-order chi connectivity index (χ0) is 22.4. The van der Waals surface area contributed by atoms with E-state index in [1.54, 1.807) is 42.5 Å². The van der Waals surface area contributed by atoms with E-state index in [1.165, 1.54) is 7.11 Å². The molecular formula is C22H17Cl2NO5S. The number of thioether (sulfide) groups is 1. The lowest BCUT2D eigenvalue weighted by atomic mass is 10.1. The SMILES string of the molecule is C#CCOc1c(Cl)cc(/C=C2\SC(=O)N(CCOc3ccccc3Cl)C2=O)cc1OC. The molecule has 0 aliphatic carbocycles. The molecule has 0 bridgehead atoms. The minimum atomic E-state index is -0.416. The molecule has 0 aromatic heterocycles. The van der Waals surface area contributed by atoms with Gasteiger partial charge in [-0.05, 0) is 47.7 Å². The summed E-state index contributed by atoms with van der Waals surface area (Å²) in [6.07, 6.45) is 6.78. The maximum atomic E-state index is 12.7. The first kappa shape index (κ1) is 22.9. The van der Waals surface area contributed by atoms with Crippen molar-refractivity contribution in [2.45, 2.75) is 0 Å². The summed E-state index contributed by atoms with van der Waals surface area (Å²) in [4.78, 5) is 26.4. The predicted molar refractivity (Wildman–Crippen MR) is 122 cm³/mol. The van der Waals surface area contributed by atoms with E-state index in [4.69, 9.17) is 43.8 Å². The minimum absolute atomic E-state index is 0.0323. The molecule has 0 radical (unpaired) electrons. The number of nitrogens with zero attached hydrogens (tertiary/aromatic N) is 1. The fourth-order valence-corrected chi connectivity index (χ4v) is 4.06. The summed E-state index contributed by atoms with van der Waals surface area (Å²) in [5.74, 6) is 3.10. The van der Waals surface area contributed by atoms with Crippen LogP contribution >= 0.6 is 35.0 Å². The van der Waals surface area contributed by atoms with Crippen LogP contribution in [0.4, 0.5) is 4.79 Å². The number of carbonyl (C=O) groups is 2. The number of imide groups is 1. The summed E-state index contributed by atoms with van der Waals surface area (Å²) in [7, 11) is 1.46. The molecule has 3 rings (SSSR count).